The van der Waals surface area contributed by atoms with Crippen LogP contribution in [0.5, 0.6) is 0 Å². The number of ether oxygens (including phenoxy) is 1. The van der Waals surface area contributed by atoms with Crippen LogP contribution >= 0.6 is 0 Å². The van der Waals surface area contributed by atoms with Gasteiger partial charge in [-0.1, -0.05) is 30.3 Å². The zero-order chi connectivity index (χ0) is 24.1. The van der Waals surface area contributed by atoms with Crippen molar-refractivity contribution in [2.75, 3.05) is 33.3 Å². The van der Waals surface area contributed by atoms with E-state index in [-0.39, 0.29) is 23.8 Å². The van der Waals surface area contributed by atoms with E-state index in [1.165, 1.54) is 29.6 Å². The number of hydrogen-bond acceptors (Lipinski definition) is 5. The lowest BCUT2D eigenvalue weighted by molar-refractivity contribution is -0.140. The lowest BCUT2D eigenvalue weighted by Gasteiger charge is -2.22. The Morgan fingerprint density at radius 1 is 1.00 bits per heavy atom. The van der Waals surface area contributed by atoms with E-state index in [2.05, 4.69) is 4.74 Å². The van der Waals surface area contributed by atoms with Crippen LogP contribution in [0.15, 0.2) is 53.4 Å². The number of carbonyl (C=O) groups excluding carboxylic acids is 1. The predicted molar refractivity (Wildman–Crippen MR) is 117 cm³/mol. The summed E-state index contributed by atoms with van der Waals surface area (Å²) in [5.74, 6) is -0.328. The number of methoxy groups -OCH3 is 1. The van der Waals surface area contributed by atoms with Crippen molar-refractivity contribution >= 4 is 16.0 Å². The third-order valence-corrected chi connectivity index (χ3v) is 7.53. The van der Waals surface area contributed by atoms with E-state index in [0.29, 0.717) is 44.6 Å². The van der Waals surface area contributed by atoms with Crippen LogP contribution in [0.4, 0.5) is 13.2 Å². The molecule has 0 amide bonds. The molecule has 0 aromatic heterocycles. The second-order valence-corrected chi connectivity index (χ2v) is 9.89. The molecule has 10 heteroatoms. The first kappa shape index (κ1) is 25.2. The predicted octanol–water partition coefficient (Wildman–Crippen LogP) is 3.71. The molecule has 180 valence electrons. The Labute approximate surface area is 192 Å². The fraction of sp³-hybridized carbons (Fsp3) is 0.435. The Balaban J connectivity index is 1.62. The fourth-order valence-electron chi connectivity index (χ4n) is 3.78. The summed E-state index contributed by atoms with van der Waals surface area (Å²) in [4.78, 5) is 13.4. The van der Waals surface area contributed by atoms with Gasteiger partial charge in [0.15, 0.2) is 0 Å². The van der Waals surface area contributed by atoms with Crippen molar-refractivity contribution < 1.29 is 31.1 Å². The molecule has 2 aromatic rings. The SMILES string of the molecule is COC(=O)CCc1ccc(S(=O)(=O)N2CCCN(Cc3cccc(C(F)(F)F)c3)CC2)cc1. The van der Waals surface area contributed by atoms with Crippen LogP contribution in [-0.2, 0) is 38.7 Å². The lowest BCUT2D eigenvalue weighted by atomic mass is 10.1. The number of alkyl halides is 3. The summed E-state index contributed by atoms with van der Waals surface area (Å²) in [6.45, 7) is 1.94. The number of aryl methyl sites for hydroxylation is 1. The van der Waals surface area contributed by atoms with E-state index in [9.17, 15) is 26.4 Å². The smallest absolute Gasteiger partial charge is 0.416 e. The molecule has 0 atom stereocenters. The molecular weight excluding hydrogens is 457 g/mol. The molecule has 0 aliphatic carbocycles. The molecule has 0 saturated carbocycles. The molecule has 0 unspecified atom stereocenters. The maximum atomic E-state index is 13.1. The number of esters is 1. The molecule has 1 saturated heterocycles. The van der Waals surface area contributed by atoms with Gasteiger partial charge in [-0.3, -0.25) is 9.69 Å². The molecule has 0 bridgehead atoms. The lowest BCUT2D eigenvalue weighted by Crippen LogP contribution is -2.35. The van der Waals surface area contributed by atoms with Gasteiger partial charge in [0.1, 0.15) is 0 Å². The normalized spacial score (nSPS) is 16.4. The Morgan fingerprint density at radius 3 is 2.39 bits per heavy atom. The van der Waals surface area contributed by atoms with Crippen LogP contribution < -0.4 is 0 Å². The van der Waals surface area contributed by atoms with Gasteiger partial charge < -0.3 is 4.74 Å². The molecule has 1 heterocycles. The molecule has 1 aliphatic rings. The molecule has 1 fully saturated rings. The highest BCUT2D eigenvalue weighted by molar-refractivity contribution is 7.89. The molecule has 3 rings (SSSR count). The van der Waals surface area contributed by atoms with Crippen LogP contribution in [0.2, 0.25) is 0 Å². The van der Waals surface area contributed by atoms with Gasteiger partial charge in [-0.25, -0.2) is 8.42 Å². The molecule has 0 radical (unpaired) electrons. The van der Waals surface area contributed by atoms with Crippen molar-refractivity contribution in [1.29, 1.82) is 0 Å². The number of hydrogen-bond donors (Lipinski definition) is 0. The first-order chi connectivity index (χ1) is 15.6. The summed E-state index contributed by atoms with van der Waals surface area (Å²) in [6, 6.07) is 11.7. The minimum Gasteiger partial charge on any atom is -0.469 e. The van der Waals surface area contributed by atoms with E-state index in [1.807, 2.05) is 4.90 Å². The largest absolute Gasteiger partial charge is 0.469 e. The third-order valence-electron chi connectivity index (χ3n) is 5.61. The minimum atomic E-state index is -4.39. The average Bonchev–Trinajstić information content (AvgIpc) is 3.03. The van der Waals surface area contributed by atoms with Gasteiger partial charge in [0.2, 0.25) is 10.0 Å². The maximum Gasteiger partial charge on any atom is 0.416 e. The number of sulfonamides is 1. The van der Waals surface area contributed by atoms with Crippen LogP contribution in [0.3, 0.4) is 0 Å². The summed E-state index contributed by atoms with van der Waals surface area (Å²) in [5.41, 5.74) is 0.695. The molecule has 33 heavy (non-hydrogen) atoms. The van der Waals surface area contributed by atoms with Crippen LogP contribution in [0, 0.1) is 0 Å². The topological polar surface area (TPSA) is 66.9 Å². The van der Waals surface area contributed by atoms with Crippen molar-refractivity contribution in [3.8, 4) is 0 Å². The van der Waals surface area contributed by atoms with Gasteiger partial charge in [0, 0.05) is 32.6 Å². The number of rotatable bonds is 7. The number of nitrogens with zero attached hydrogens (tertiary/aromatic N) is 2. The van der Waals surface area contributed by atoms with Crippen molar-refractivity contribution in [2.45, 2.75) is 36.9 Å². The van der Waals surface area contributed by atoms with E-state index in [1.54, 1.807) is 18.2 Å². The van der Waals surface area contributed by atoms with Crippen molar-refractivity contribution in [3.05, 3.63) is 65.2 Å². The van der Waals surface area contributed by atoms with Gasteiger partial charge >= 0.3 is 12.1 Å². The zero-order valence-electron chi connectivity index (χ0n) is 18.3. The van der Waals surface area contributed by atoms with Crippen molar-refractivity contribution in [1.82, 2.24) is 9.21 Å². The summed E-state index contributed by atoms with van der Waals surface area (Å²) in [5, 5.41) is 0. The third kappa shape index (κ3) is 6.78. The van der Waals surface area contributed by atoms with Gasteiger partial charge in [0.25, 0.3) is 0 Å². The molecule has 2 aromatic carbocycles. The van der Waals surface area contributed by atoms with Crippen molar-refractivity contribution in [3.63, 3.8) is 0 Å². The minimum absolute atomic E-state index is 0.177. The van der Waals surface area contributed by atoms with Crippen molar-refractivity contribution in [2.24, 2.45) is 0 Å². The monoisotopic (exact) mass is 484 g/mol. The summed E-state index contributed by atoms with van der Waals surface area (Å²) in [7, 11) is -2.37. The summed E-state index contributed by atoms with van der Waals surface area (Å²) < 4.78 is 71.1. The van der Waals surface area contributed by atoms with E-state index in [4.69, 9.17) is 0 Å². The molecular formula is C23H27F3N2O4S. The maximum absolute atomic E-state index is 13.1. The second-order valence-electron chi connectivity index (χ2n) is 7.95. The summed E-state index contributed by atoms with van der Waals surface area (Å²) in [6.07, 6.45) is -3.14. The fourth-order valence-corrected chi connectivity index (χ4v) is 5.25. The summed E-state index contributed by atoms with van der Waals surface area (Å²) >= 11 is 0. The number of benzene rings is 2. The highest BCUT2D eigenvalue weighted by Crippen LogP contribution is 2.30. The van der Waals surface area contributed by atoms with E-state index in [0.717, 1.165) is 17.7 Å². The van der Waals surface area contributed by atoms with Crippen LogP contribution in [-0.4, -0.2) is 56.9 Å². The first-order valence-electron chi connectivity index (χ1n) is 10.6. The van der Waals surface area contributed by atoms with Crippen LogP contribution in [0.1, 0.15) is 29.5 Å². The van der Waals surface area contributed by atoms with Gasteiger partial charge in [0.05, 0.1) is 17.6 Å². The zero-order valence-corrected chi connectivity index (χ0v) is 19.2. The number of carbonyl (C=O) groups is 1. The Hall–Kier alpha value is -2.43. The Bertz CT molecular complexity index is 1060. The van der Waals surface area contributed by atoms with E-state index >= 15 is 0 Å². The van der Waals surface area contributed by atoms with Gasteiger partial charge in [-0.15, -0.1) is 0 Å². The molecule has 6 nitrogen and oxygen atoms in total. The highest BCUT2D eigenvalue weighted by atomic mass is 32.2. The van der Waals surface area contributed by atoms with Crippen LogP contribution in [0.25, 0.3) is 0 Å². The average molecular weight is 485 g/mol. The molecule has 1 aliphatic heterocycles. The standard InChI is InChI=1S/C23H27F3N2O4S/c1-32-22(29)11-8-18-6-9-21(10-7-18)33(30,31)28-13-3-12-27(14-15-28)17-19-4-2-5-20(16-19)23(24,25)26/h2,4-7,9-10,16H,3,8,11-15,17H2,1H3. The van der Waals surface area contributed by atoms with Gasteiger partial charge in [-0.05, 0) is 48.7 Å². The number of halogens is 3. The second kappa shape index (κ2) is 10.7. The van der Waals surface area contributed by atoms with E-state index < -0.39 is 21.8 Å². The Kier molecular flexibility index (Phi) is 8.14. The molecule has 0 N–H and O–H groups in total. The molecule has 0 spiro atoms. The quantitative estimate of drug-likeness (QED) is 0.561. The Morgan fingerprint density at radius 2 is 1.73 bits per heavy atom. The highest BCUT2D eigenvalue weighted by Gasteiger charge is 2.31. The first-order valence-corrected chi connectivity index (χ1v) is 12.1. The van der Waals surface area contributed by atoms with Gasteiger partial charge in [-0.2, -0.15) is 17.5 Å².